The number of aliphatic hydroxyl groups excluding tert-OH is 1. The Kier molecular flexibility index (Phi) is 4.84. The van der Waals surface area contributed by atoms with Crippen molar-refractivity contribution in [3.8, 4) is 0 Å². The van der Waals surface area contributed by atoms with Gasteiger partial charge in [-0.25, -0.2) is 4.79 Å². The van der Waals surface area contributed by atoms with Crippen molar-refractivity contribution < 1.29 is 15.0 Å². The minimum atomic E-state index is -0.977. The lowest BCUT2D eigenvalue weighted by atomic mass is 9.93. The van der Waals surface area contributed by atoms with Crippen LogP contribution in [0.3, 0.4) is 0 Å². The number of hydrogen-bond acceptors (Lipinski definition) is 4. The Bertz CT molecular complexity index is 470. The number of carboxylic acid groups (broad SMARTS) is 1. The minimum Gasteiger partial charge on any atom is -0.478 e. The molecule has 5 heteroatoms. The number of anilines is 2. The predicted molar refractivity (Wildman–Crippen MR) is 79.1 cm³/mol. The van der Waals surface area contributed by atoms with E-state index in [2.05, 4.69) is 4.90 Å². The van der Waals surface area contributed by atoms with Gasteiger partial charge in [-0.05, 0) is 31.0 Å². The zero-order valence-corrected chi connectivity index (χ0v) is 11.6. The Morgan fingerprint density at radius 3 is 2.55 bits per heavy atom. The fourth-order valence-corrected chi connectivity index (χ4v) is 2.95. The van der Waals surface area contributed by atoms with E-state index in [9.17, 15) is 9.90 Å². The maximum Gasteiger partial charge on any atom is 0.335 e. The fraction of sp³-hybridized carbons (Fsp3) is 0.533. The molecule has 1 aliphatic carbocycles. The third-order valence-corrected chi connectivity index (χ3v) is 3.94. The van der Waals surface area contributed by atoms with E-state index in [1.54, 1.807) is 12.1 Å². The molecular weight excluding hydrogens is 256 g/mol. The number of carbonyl (C=O) groups is 1. The second-order valence-electron chi connectivity index (χ2n) is 5.29. The van der Waals surface area contributed by atoms with Crippen LogP contribution < -0.4 is 10.6 Å². The quantitative estimate of drug-likeness (QED) is 0.718. The van der Waals surface area contributed by atoms with E-state index >= 15 is 0 Å². The number of nitrogens with two attached hydrogens (primary N) is 1. The van der Waals surface area contributed by atoms with Gasteiger partial charge in [-0.15, -0.1) is 0 Å². The van der Waals surface area contributed by atoms with Gasteiger partial charge in [0.05, 0.1) is 23.5 Å². The summed E-state index contributed by atoms with van der Waals surface area (Å²) in [6, 6.07) is 5.20. The molecule has 0 radical (unpaired) electrons. The molecule has 0 heterocycles. The minimum absolute atomic E-state index is 0.0661. The van der Waals surface area contributed by atoms with Gasteiger partial charge in [0.15, 0.2) is 0 Å². The van der Waals surface area contributed by atoms with Crippen molar-refractivity contribution in [3.63, 3.8) is 0 Å². The molecule has 20 heavy (non-hydrogen) atoms. The molecule has 1 aliphatic rings. The first kappa shape index (κ1) is 14.7. The SMILES string of the molecule is Nc1cc(C(=O)O)ccc1N(CCO)C1CCCCC1. The van der Waals surface area contributed by atoms with Crippen LogP contribution in [0.2, 0.25) is 0 Å². The van der Waals surface area contributed by atoms with Crippen LogP contribution in [0.25, 0.3) is 0 Å². The molecule has 0 bridgehead atoms. The zero-order valence-electron chi connectivity index (χ0n) is 11.6. The van der Waals surface area contributed by atoms with Crippen LogP contribution in [-0.2, 0) is 0 Å². The van der Waals surface area contributed by atoms with Gasteiger partial charge in [0.2, 0.25) is 0 Å². The number of benzene rings is 1. The molecule has 1 aromatic rings. The van der Waals surface area contributed by atoms with E-state index in [0.29, 0.717) is 18.3 Å². The number of aliphatic hydroxyl groups is 1. The van der Waals surface area contributed by atoms with Gasteiger partial charge in [0, 0.05) is 12.6 Å². The average molecular weight is 278 g/mol. The van der Waals surface area contributed by atoms with Crippen LogP contribution in [0.15, 0.2) is 18.2 Å². The monoisotopic (exact) mass is 278 g/mol. The number of aromatic carboxylic acids is 1. The zero-order chi connectivity index (χ0) is 14.5. The first-order chi connectivity index (χ1) is 9.63. The molecule has 0 unspecified atom stereocenters. The van der Waals surface area contributed by atoms with Crippen LogP contribution in [0, 0.1) is 0 Å². The number of hydrogen-bond donors (Lipinski definition) is 3. The van der Waals surface area contributed by atoms with E-state index in [1.807, 2.05) is 0 Å². The lowest BCUT2D eigenvalue weighted by Gasteiger charge is -2.36. The molecule has 0 aromatic heterocycles. The van der Waals surface area contributed by atoms with E-state index in [0.717, 1.165) is 18.5 Å². The van der Waals surface area contributed by atoms with Gasteiger partial charge in [0.1, 0.15) is 0 Å². The summed E-state index contributed by atoms with van der Waals surface area (Å²) in [5, 5.41) is 18.3. The van der Waals surface area contributed by atoms with Crippen LogP contribution >= 0.6 is 0 Å². The third kappa shape index (κ3) is 3.22. The molecule has 2 rings (SSSR count). The summed E-state index contributed by atoms with van der Waals surface area (Å²) < 4.78 is 0. The second-order valence-corrected chi connectivity index (χ2v) is 5.29. The highest BCUT2D eigenvalue weighted by molar-refractivity contribution is 5.90. The van der Waals surface area contributed by atoms with Gasteiger partial charge in [-0.3, -0.25) is 0 Å². The molecule has 1 aromatic carbocycles. The number of rotatable bonds is 5. The van der Waals surface area contributed by atoms with Crippen LogP contribution in [0.5, 0.6) is 0 Å². The van der Waals surface area contributed by atoms with E-state index in [1.165, 1.54) is 25.3 Å². The van der Waals surface area contributed by atoms with Gasteiger partial charge in [0.25, 0.3) is 0 Å². The summed E-state index contributed by atoms with van der Waals surface area (Å²) in [5.41, 5.74) is 7.50. The Hall–Kier alpha value is -1.75. The Morgan fingerprint density at radius 2 is 2.00 bits per heavy atom. The topological polar surface area (TPSA) is 86.8 Å². The first-order valence-electron chi connectivity index (χ1n) is 7.14. The molecule has 4 N–H and O–H groups in total. The average Bonchev–Trinajstić information content (AvgIpc) is 2.46. The van der Waals surface area contributed by atoms with Crippen LogP contribution in [0.4, 0.5) is 11.4 Å². The van der Waals surface area contributed by atoms with Crippen LogP contribution in [0.1, 0.15) is 42.5 Å². The van der Waals surface area contributed by atoms with Gasteiger partial charge in [-0.1, -0.05) is 19.3 Å². The Morgan fingerprint density at radius 1 is 1.30 bits per heavy atom. The maximum absolute atomic E-state index is 11.0. The summed E-state index contributed by atoms with van der Waals surface area (Å²) in [6.45, 7) is 0.595. The highest BCUT2D eigenvalue weighted by Crippen LogP contribution is 2.31. The molecule has 0 saturated heterocycles. The number of carboxylic acids is 1. The molecule has 0 aliphatic heterocycles. The first-order valence-corrected chi connectivity index (χ1v) is 7.14. The smallest absolute Gasteiger partial charge is 0.335 e. The molecule has 5 nitrogen and oxygen atoms in total. The number of nitrogens with zero attached hydrogens (tertiary/aromatic N) is 1. The lowest BCUT2D eigenvalue weighted by Crippen LogP contribution is -2.39. The van der Waals surface area contributed by atoms with E-state index in [4.69, 9.17) is 10.8 Å². The highest BCUT2D eigenvalue weighted by atomic mass is 16.4. The molecule has 1 saturated carbocycles. The normalized spacial score (nSPS) is 16.1. The largest absolute Gasteiger partial charge is 0.478 e. The Labute approximate surface area is 119 Å². The molecule has 0 spiro atoms. The molecule has 0 amide bonds. The van der Waals surface area contributed by atoms with Crippen molar-refractivity contribution in [2.75, 3.05) is 23.8 Å². The molecule has 0 atom stereocenters. The van der Waals surface area contributed by atoms with Gasteiger partial charge < -0.3 is 20.8 Å². The summed E-state index contributed by atoms with van der Waals surface area (Å²) >= 11 is 0. The van der Waals surface area contributed by atoms with Crippen molar-refractivity contribution in [3.05, 3.63) is 23.8 Å². The molecule has 1 fully saturated rings. The van der Waals surface area contributed by atoms with Crippen molar-refractivity contribution in [1.82, 2.24) is 0 Å². The van der Waals surface area contributed by atoms with E-state index in [-0.39, 0.29) is 12.2 Å². The standard InChI is InChI=1S/C15H22N2O3/c16-13-10-11(15(19)20)6-7-14(13)17(8-9-18)12-4-2-1-3-5-12/h6-7,10,12,18H,1-5,8-9,16H2,(H,19,20). The number of nitrogen functional groups attached to an aromatic ring is 1. The Balaban J connectivity index is 2.26. The van der Waals surface area contributed by atoms with E-state index < -0.39 is 5.97 Å². The van der Waals surface area contributed by atoms with Gasteiger partial charge >= 0.3 is 5.97 Å². The maximum atomic E-state index is 11.0. The van der Waals surface area contributed by atoms with Crippen molar-refractivity contribution in [2.24, 2.45) is 0 Å². The fourth-order valence-electron chi connectivity index (χ4n) is 2.95. The summed E-state index contributed by atoms with van der Waals surface area (Å²) in [6.07, 6.45) is 5.84. The lowest BCUT2D eigenvalue weighted by molar-refractivity contribution is 0.0697. The summed E-state index contributed by atoms with van der Waals surface area (Å²) in [5.74, 6) is -0.977. The van der Waals surface area contributed by atoms with Gasteiger partial charge in [-0.2, -0.15) is 0 Å². The molecular formula is C15H22N2O3. The van der Waals surface area contributed by atoms with Crippen molar-refractivity contribution in [2.45, 2.75) is 38.1 Å². The predicted octanol–water partition coefficient (Wildman–Crippen LogP) is 2.10. The van der Waals surface area contributed by atoms with Crippen molar-refractivity contribution in [1.29, 1.82) is 0 Å². The van der Waals surface area contributed by atoms with Crippen molar-refractivity contribution >= 4 is 17.3 Å². The molecule has 110 valence electrons. The summed E-state index contributed by atoms with van der Waals surface area (Å²) in [4.78, 5) is 13.1. The summed E-state index contributed by atoms with van der Waals surface area (Å²) in [7, 11) is 0. The third-order valence-electron chi connectivity index (χ3n) is 3.94. The second kappa shape index (κ2) is 6.61. The highest BCUT2D eigenvalue weighted by Gasteiger charge is 2.22. The van der Waals surface area contributed by atoms with Crippen LogP contribution in [-0.4, -0.2) is 35.4 Å².